The molecule has 0 radical (unpaired) electrons. The molecule has 0 saturated heterocycles. The molecule has 4 nitrogen and oxygen atoms in total. The maximum absolute atomic E-state index is 11.8. The van der Waals surface area contributed by atoms with Gasteiger partial charge in [0.05, 0.1) is 5.56 Å². The summed E-state index contributed by atoms with van der Waals surface area (Å²) in [5.74, 6) is -0.00121. The average Bonchev–Trinajstić information content (AvgIpc) is 2.45. The Kier molecular flexibility index (Phi) is 5.36. The van der Waals surface area contributed by atoms with E-state index in [1.54, 1.807) is 24.3 Å². The molecule has 6 heteroatoms. The number of hydrogen-bond donors (Lipinski definition) is 1. The van der Waals surface area contributed by atoms with E-state index in [2.05, 4.69) is 21.2 Å². The molecular formula is C15H11BrClNO3. The van der Waals surface area contributed by atoms with Gasteiger partial charge in [0, 0.05) is 15.2 Å². The number of rotatable bonds is 5. The first-order valence-electron chi connectivity index (χ1n) is 6.01. The van der Waals surface area contributed by atoms with E-state index in [1.807, 2.05) is 12.1 Å². The van der Waals surface area contributed by atoms with Crippen molar-refractivity contribution in [2.75, 3.05) is 11.9 Å². The van der Waals surface area contributed by atoms with Gasteiger partial charge in [0.2, 0.25) is 0 Å². The lowest BCUT2D eigenvalue weighted by atomic mass is 10.2. The van der Waals surface area contributed by atoms with Crippen LogP contribution in [0.15, 0.2) is 46.9 Å². The SMILES string of the molecule is O=Cc1cc(Cl)ccc1OCC(=O)Nc1cccc(Br)c1. The summed E-state index contributed by atoms with van der Waals surface area (Å²) in [5.41, 5.74) is 0.961. The van der Waals surface area contributed by atoms with Crippen molar-refractivity contribution in [2.45, 2.75) is 0 Å². The van der Waals surface area contributed by atoms with Crippen molar-refractivity contribution < 1.29 is 14.3 Å². The van der Waals surface area contributed by atoms with E-state index in [-0.39, 0.29) is 12.5 Å². The Labute approximate surface area is 135 Å². The summed E-state index contributed by atoms with van der Waals surface area (Å²) in [4.78, 5) is 22.7. The zero-order valence-electron chi connectivity index (χ0n) is 10.8. The quantitative estimate of drug-likeness (QED) is 0.814. The molecule has 0 spiro atoms. The normalized spacial score (nSPS) is 10.0. The summed E-state index contributed by atoms with van der Waals surface area (Å²) < 4.78 is 6.20. The molecule has 1 amide bonds. The highest BCUT2D eigenvalue weighted by Crippen LogP contribution is 2.21. The van der Waals surface area contributed by atoms with Gasteiger partial charge in [-0.15, -0.1) is 0 Å². The number of halogens is 2. The smallest absolute Gasteiger partial charge is 0.262 e. The van der Waals surface area contributed by atoms with Crippen LogP contribution in [-0.2, 0) is 4.79 Å². The van der Waals surface area contributed by atoms with E-state index in [0.717, 1.165) is 4.47 Å². The number of hydrogen-bond acceptors (Lipinski definition) is 3. The molecule has 0 aliphatic rings. The number of anilines is 1. The summed E-state index contributed by atoms with van der Waals surface area (Å²) in [6.07, 6.45) is 0.632. The summed E-state index contributed by atoms with van der Waals surface area (Å²) in [6, 6.07) is 11.8. The second-order valence-corrected chi connectivity index (χ2v) is 5.50. The lowest BCUT2D eigenvalue weighted by molar-refractivity contribution is -0.118. The molecule has 0 heterocycles. The van der Waals surface area contributed by atoms with Crippen molar-refractivity contribution in [3.63, 3.8) is 0 Å². The van der Waals surface area contributed by atoms with E-state index in [1.165, 1.54) is 6.07 Å². The molecule has 0 fully saturated rings. The van der Waals surface area contributed by atoms with Crippen molar-refractivity contribution in [2.24, 2.45) is 0 Å². The molecule has 0 aromatic heterocycles. The molecule has 0 unspecified atom stereocenters. The third kappa shape index (κ3) is 4.58. The van der Waals surface area contributed by atoms with Crippen molar-refractivity contribution in [3.05, 3.63) is 57.5 Å². The van der Waals surface area contributed by atoms with E-state index in [4.69, 9.17) is 16.3 Å². The Bertz CT molecular complexity index is 676. The van der Waals surface area contributed by atoms with Crippen molar-refractivity contribution in [1.29, 1.82) is 0 Å². The van der Waals surface area contributed by atoms with Gasteiger partial charge in [-0.2, -0.15) is 0 Å². The summed E-state index contributed by atoms with van der Waals surface area (Å²) >= 11 is 9.10. The van der Waals surface area contributed by atoms with Gasteiger partial charge in [-0.05, 0) is 36.4 Å². The van der Waals surface area contributed by atoms with Gasteiger partial charge in [-0.3, -0.25) is 9.59 Å². The van der Waals surface area contributed by atoms with Gasteiger partial charge >= 0.3 is 0 Å². The van der Waals surface area contributed by atoms with Crippen LogP contribution in [0, 0.1) is 0 Å². The molecule has 2 rings (SSSR count). The fourth-order valence-electron chi connectivity index (χ4n) is 1.65. The van der Waals surface area contributed by atoms with Gasteiger partial charge in [0.25, 0.3) is 5.91 Å². The Morgan fingerprint density at radius 3 is 2.81 bits per heavy atom. The van der Waals surface area contributed by atoms with Crippen molar-refractivity contribution in [1.82, 2.24) is 0 Å². The number of aldehydes is 1. The molecule has 108 valence electrons. The highest BCUT2D eigenvalue weighted by Gasteiger charge is 2.08. The number of ether oxygens (including phenoxy) is 1. The van der Waals surface area contributed by atoms with Crippen LogP contribution >= 0.6 is 27.5 Å². The summed E-state index contributed by atoms with van der Waals surface area (Å²) in [6.45, 7) is -0.199. The minimum atomic E-state index is -0.320. The molecule has 0 aliphatic heterocycles. The van der Waals surface area contributed by atoms with E-state index < -0.39 is 0 Å². The fraction of sp³-hybridized carbons (Fsp3) is 0.0667. The summed E-state index contributed by atoms with van der Waals surface area (Å²) in [7, 11) is 0. The summed E-state index contributed by atoms with van der Waals surface area (Å²) in [5, 5.41) is 3.13. The maximum atomic E-state index is 11.8. The predicted octanol–water partition coefficient (Wildman–Crippen LogP) is 3.93. The first-order valence-corrected chi connectivity index (χ1v) is 7.18. The van der Waals surface area contributed by atoms with Gasteiger partial charge in [0.1, 0.15) is 5.75 Å². The second kappa shape index (κ2) is 7.24. The third-order valence-electron chi connectivity index (χ3n) is 2.57. The van der Waals surface area contributed by atoms with Crippen LogP contribution in [0.2, 0.25) is 5.02 Å². The first-order chi connectivity index (χ1) is 10.1. The highest BCUT2D eigenvalue weighted by atomic mass is 79.9. The molecule has 2 aromatic carbocycles. The Morgan fingerprint density at radius 2 is 2.10 bits per heavy atom. The zero-order valence-corrected chi connectivity index (χ0v) is 13.1. The molecule has 0 saturated carbocycles. The van der Waals surface area contributed by atoms with Crippen LogP contribution in [-0.4, -0.2) is 18.8 Å². The standard InChI is InChI=1S/C15H11BrClNO3/c16-11-2-1-3-13(7-11)18-15(20)9-21-14-5-4-12(17)6-10(14)8-19/h1-8H,9H2,(H,18,20). The topological polar surface area (TPSA) is 55.4 Å². The minimum absolute atomic E-state index is 0.199. The average molecular weight is 369 g/mol. The zero-order chi connectivity index (χ0) is 15.2. The molecular weight excluding hydrogens is 358 g/mol. The van der Waals surface area contributed by atoms with E-state index in [9.17, 15) is 9.59 Å². The van der Waals surface area contributed by atoms with Gasteiger partial charge < -0.3 is 10.1 Å². The monoisotopic (exact) mass is 367 g/mol. The Hall–Kier alpha value is -1.85. The highest BCUT2D eigenvalue weighted by molar-refractivity contribution is 9.10. The van der Waals surface area contributed by atoms with Crippen LogP contribution in [0.1, 0.15) is 10.4 Å². The van der Waals surface area contributed by atoms with Crippen molar-refractivity contribution >= 4 is 45.4 Å². The molecule has 0 bridgehead atoms. The van der Waals surface area contributed by atoms with Gasteiger partial charge in [-0.1, -0.05) is 33.6 Å². The fourth-order valence-corrected chi connectivity index (χ4v) is 2.23. The second-order valence-electron chi connectivity index (χ2n) is 4.15. The lowest BCUT2D eigenvalue weighted by Gasteiger charge is -2.09. The lowest BCUT2D eigenvalue weighted by Crippen LogP contribution is -2.20. The maximum Gasteiger partial charge on any atom is 0.262 e. The molecule has 0 atom stereocenters. The van der Waals surface area contributed by atoms with E-state index >= 15 is 0 Å². The first kappa shape index (κ1) is 15.5. The molecule has 1 N–H and O–H groups in total. The Morgan fingerprint density at radius 1 is 1.29 bits per heavy atom. The number of amides is 1. The van der Waals surface area contributed by atoms with Crippen LogP contribution < -0.4 is 10.1 Å². The number of carbonyl (C=O) groups is 2. The van der Waals surface area contributed by atoms with Crippen LogP contribution in [0.3, 0.4) is 0 Å². The minimum Gasteiger partial charge on any atom is -0.483 e. The van der Waals surface area contributed by atoms with Crippen LogP contribution in [0.4, 0.5) is 5.69 Å². The molecule has 21 heavy (non-hydrogen) atoms. The van der Waals surface area contributed by atoms with Crippen LogP contribution in [0.25, 0.3) is 0 Å². The van der Waals surface area contributed by atoms with E-state index in [0.29, 0.717) is 28.3 Å². The van der Waals surface area contributed by atoms with Gasteiger partial charge in [0.15, 0.2) is 12.9 Å². The Balaban J connectivity index is 1.97. The number of benzene rings is 2. The van der Waals surface area contributed by atoms with Gasteiger partial charge in [-0.25, -0.2) is 0 Å². The largest absolute Gasteiger partial charge is 0.483 e. The third-order valence-corrected chi connectivity index (χ3v) is 3.29. The van der Waals surface area contributed by atoms with Crippen molar-refractivity contribution in [3.8, 4) is 5.75 Å². The number of carbonyl (C=O) groups excluding carboxylic acids is 2. The molecule has 2 aromatic rings. The molecule has 0 aliphatic carbocycles. The number of nitrogens with one attached hydrogen (secondary N) is 1. The predicted molar refractivity (Wildman–Crippen MR) is 85.1 cm³/mol. The van der Waals surface area contributed by atoms with Crippen LogP contribution in [0.5, 0.6) is 5.75 Å².